The predicted octanol–water partition coefficient (Wildman–Crippen LogP) is 2.24. The van der Waals surface area contributed by atoms with Gasteiger partial charge in [0.2, 0.25) is 0 Å². The molecule has 0 saturated carbocycles. The molecule has 5 nitrogen and oxygen atoms in total. The molecule has 0 unspecified atom stereocenters. The average Bonchev–Trinajstić information content (AvgIpc) is 2.24. The summed E-state index contributed by atoms with van der Waals surface area (Å²) in [6.07, 6.45) is 0.239. The minimum atomic E-state index is -4.80. The molecule has 0 amide bonds. The van der Waals surface area contributed by atoms with Crippen LogP contribution in [0.5, 0.6) is 5.75 Å². The molecule has 0 heterocycles. The van der Waals surface area contributed by atoms with Crippen LogP contribution in [0.4, 0.5) is 3.89 Å². The lowest BCUT2D eigenvalue weighted by Crippen LogP contribution is -2.02. The maximum absolute atomic E-state index is 12.6. The SMILES string of the molecule is O=C(O)CCCOc1ccc(S(=O)(=O)F)cc1Cl. The summed E-state index contributed by atoms with van der Waals surface area (Å²) in [6, 6.07) is 3.17. The molecule has 0 aliphatic heterocycles. The van der Waals surface area contributed by atoms with E-state index in [4.69, 9.17) is 21.4 Å². The number of halogens is 2. The number of hydrogen-bond donors (Lipinski definition) is 1. The van der Waals surface area contributed by atoms with Crippen molar-refractivity contribution in [3.05, 3.63) is 23.2 Å². The highest BCUT2D eigenvalue weighted by molar-refractivity contribution is 7.86. The van der Waals surface area contributed by atoms with Gasteiger partial charge in [0, 0.05) is 6.42 Å². The Kier molecular flexibility index (Phi) is 4.92. The van der Waals surface area contributed by atoms with Crippen LogP contribution in [-0.2, 0) is 15.0 Å². The standard InChI is InChI=1S/C10H10ClFO5S/c11-8-6-7(18(12,15)16)3-4-9(8)17-5-1-2-10(13)14/h3-4,6H,1-2,5H2,(H,13,14). The van der Waals surface area contributed by atoms with E-state index in [9.17, 15) is 17.1 Å². The molecule has 1 aromatic carbocycles. The maximum Gasteiger partial charge on any atom is 0.332 e. The second kappa shape index (κ2) is 6.01. The van der Waals surface area contributed by atoms with E-state index in [1.54, 1.807) is 0 Å². The number of ether oxygens (including phenoxy) is 1. The monoisotopic (exact) mass is 296 g/mol. The molecule has 0 aliphatic rings. The number of rotatable bonds is 6. The third-order valence-electron chi connectivity index (χ3n) is 1.98. The van der Waals surface area contributed by atoms with Gasteiger partial charge in [-0.3, -0.25) is 4.79 Å². The van der Waals surface area contributed by atoms with E-state index >= 15 is 0 Å². The lowest BCUT2D eigenvalue weighted by molar-refractivity contribution is -0.137. The summed E-state index contributed by atoms with van der Waals surface area (Å²) >= 11 is 5.70. The van der Waals surface area contributed by atoms with Gasteiger partial charge in [0.05, 0.1) is 11.6 Å². The molecule has 1 aromatic rings. The van der Waals surface area contributed by atoms with E-state index in [2.05, 4.69) is 0 Å². The lowest BCUT2D eigenvalue weighted by atomic mass is 10.3. The average molecular weight is 297 g/mol. The molecule has 0 radical (unpaired) electrons. The van der Waals surface area contributed by atoms with Crippen molar-refractivity contribution in [3.8, 4) is 5.75 Å². The summed E-state index contributed by atoms with van der Waals surface area (Å²) in [5.41, 5.74) is 0. The number of carboxylic acids is 1. The summed E-state index contributed by atoms with van der Waals surface area (Å²) in [4.78, 5) is 9.69. The molecule has 0 fully saturated rings. The van der Waals surface area contributed by atoms with Gasteiger partial charge in [-0.15, -0.1) is 3.89 Å². The van der Waals surface area contributed by atoms with Crippen LogP contribution in [0, 0.1) is 0 Å². The summed E-state index contributed by atoms with van der Waals surface area (Å²) in [5.74, 6) is -0.766. The number of carbonyl (C=O) groups is 1. The summed E-state index contributed by atoms with van der Waals surface area (Å²) in [5, 5.41) is 8.35. The van der Waals surface area contributed by atoms with Crippen molar-refractivity contribution in [2.75, 3.05) is 6.61 Å². The van der Waals surface area contributed by atoms with Crippen molar-refractivity contribution in [2.24, 2.45) is 0 Å². The lowest BCUT2D eigenvalue weighted by Gasteiger charge is -2.07. The highest BCUT2D eigenvalue weighted by Gasteiger charge is 2.14. The largest absolute Gasteiger partial charge is 0.492 e. The minimum absolute atomic E-state index is 0.0471. The van der Waals surface area contributed by atoms with Crippen molar-refractivity contribution in [2.45, 2.75) is 17.7 Å². The van der Waals surface area contributed by atoms with Crippen molar-refractivity contribution >= 4 is 27.8 Å². The number of aliphatic carboxylic acids is 1. The summed E-state index contributed by atoms with van der Waals surface area (Å²) in [7, 11) is -4.80. The first-order valence-electron chi connectivity index (χ1n) is 4.89. The normalized spacial score (nSPS) is 11.2. The van der Waals surface area contributed by atoms with Gasteiger partial charge < -0.3 is 9.84 Å². The molecule has 1 N–H and O–H groups in total. The first-order valence-corrected chi connectivity index (χ1v) is 6.65. The predicted molar refractivity (Wildman–Crippen MR) is 62.1 cm³/mol. The molecular weight excluding hydrogens is 287 g/mol. The fourth-order valence-corrected chi connectivity index (χ4v) is 1.94. The molecular formula is C10H10ClFO5S. The molecule has 100 valence electrons. The minimum Gasteiger partial charge on any atom is -0.492 e. The Morgan fingerprint density at radius 1 is 1.44 bits per heavy atom. The van der Waals surface area contributed by atoms with E-state index in [1.165, 1.54) is 6.07 Å². The zero-order valence-corrected chi connectivity index (χ0v) is 10.7. The zero-order valence-electron chi connectivity index (χ0n) is 9.10. The maximum atomic E-state index is 12.6. The van der Waals surface area contributed by atoms with Crippen molar-refractivity contribution < 1.29 is 26.9 Å². The number of carboxylic acid groups (broad SMARTS) is 1. The topological polar surface area (TPSA) is 80.7 Å². The second-order valence-electron chi connectivity index (χ2n) is 3.38. The number of hydrogen-bond acceptors (Lipinski definition) is 4. The number of benzene rings is 1. The Labute approximate surface area is 108 Å². The van der Waals surface area contributed by atoms with E-state index in [0.717, 1.165) is 12.1 Å². The Morgan fingerprint density at radius 3 is 2.61 bits per heavy atom. The third kappa shape index (κ3) is 4.50. The van der Waals surface area contributed by atoms with E-state index in [0.29, 0.717) is 0 Å². The van der Waals surface area contributed by atoms with E-state index in [-0.39, 0.29) is 30.2 Å². The molecule has 1 rings (SSSR count). The molecule has 0 bridgehead atoms. The van der Waals surface area contributed by atoms with Crippen LogP contribution in [0.1, 0.15) is 12.8 Å². The van der Waals surface area contributed by atoms with Crippen LogP contribution in [0.3, 0.4) is 0 Å². The molecule has 0 aliphatic carbocycles. The first kappa shape index (κ1) is 14.7. The summed E-state index contributed by atoms with van der Waals surface area (Å²) in [6.45, 7) is 0.119. The van der Waals surface area contributed by atoms with Gasteiger partial charge in [-0.25, -0.2) is 0 Å². The second-order valence-corrected chi connectivity index (χ2v) is 5.13. The Balaban J connectivity index is 2.66. The van der Waals surface area contributed by atoms with Crippen LogP contribution < -0.4 is 4.74 Å². The highest BCUT2D eigenvalue weighted by atomic mass is 35.5. The van der Waals surface area contributed by atoms with Crippen LogP contribution >= 0.6 is 11.6 Å². The van der Waals surface area contributed by atoms with Crippen LogP contribution in [-0.4, -0.2) is 26.1 Å². The fourth-order valence-electron chi connectivity index (χ4n) is 1.16. The molecule has 0 saturated heterocycles. The highest BCUT2D eigenvalue weighted by Crippen LogP contribution is 2.28. The van der Waals surface area contributed by atoms with Gasteiger partial charge in [-0.1, -0.05) is 11.6 Å². The van der Waals surface area contributed by atoms with Gasteiger partial charge >= 0.3 is 16.2 Å². The smallest absolute Gasteiger partial charge is 0.332 e. The quantitative estimate of drug-likeness (QED) is 0.643. The molecule has 0 atom stereocenters. The van der Waals surface area contributed by atoms with Crippen LogP contribution in [0.25, 0.3) is 0 Å². The van der Waals surface area contributed by atoms with Crippen molar-refractivity contribution in [1.82, 2.24) is 0 Å². The molecule has 0 spiro atoms. The van der Waals surface area contributed by atoms with Gasteiger partial charge in [0.1, 0.15) is 10.6 Å². The Morgan fingerprint density at radius 2 is 2.11 bits per heavy atom. The van der Waals surface area contributed by atoms with Gasteiger partial charge in [-0.05, 0) is 24.6 Å². The van der Waals surface area contributed by atoms with E-state index in [1.807, 2.05) is 0 Å². The van der Waals surface area contributed by atoms with Crippen LogP contribution in [0.2, 0.25) is 5.02 Å². The molecule has 0 aromatic heterocycles. The van der Waals surface area contributed by atoms with Crippen LogP contribution in [0.15, 0.2) is 23.1 Å². The third-order valence-corrected chi connectivity index (χ3v) is 3.09. The fraction of sp³-hybridized carbons (Fsp3) is 0.300. The van der Waals surface area contributed by atoms with Gasteiger partial charge in [0.25, 0.3) is 0 Å². The van der Waals surface area contributed by atoms with Gasteiger partial charge in [0.15, 0.2) is 0 Å². The van der Waals surface area contributed by atoms with Crippen molar-refractivity contribution in [1.29, 1.82) is 0 Å². The molecule has 18 heavy (non-hydrogen) atoms. The van der Waals surface area contributed by atoms with E-state index < -0.39 is 21.1 Å². The Bertz CT molecular complexity index is 543. The summed E-state index contributed by atoms with van der Waals surface area (Å²) < 4.78 is 39.0. The Hall–Kier alpha value is -1.34. The zero-order chi connectivity index (χ0) is 13.8. The first-order chi connectivity index (χ1) is 8.30. The van der Waals surface area contributed by atoms with Crippen molar-refractivity contribution in [3.63, 3.8) is 0 Å². The van der Waals surface area contributed by atoms with Gasteiger partial charge in [-0.2, -0.15) is 8.42 Å². The molecule has 8 heteroatoms.